The monoisotopic (exact) mass is 273 g/mol. The predicted octanol–water partition coefficient (Wildman–Crippen LogP) is 0.123. The van der Waals surface area contributed by atoms with Crippen LogP contribution < -0.4 is 15.8 Å². The molecular formula is C11H19N3O3S. The Bertz CT molecular complexity index is 535. The highest BCUT2D eigenvalue weighted by atomic mass is 32.2. The van der Waals surface area contributed by atoms with Crippen LogP contribution in [0, 0.1) is 0 Å². The molecule has 0 aliphatic rings. The summed E-state index contributed by atoms with van der Waals surface area (Å²) in [6, 6.07) is 4.48. The van der Waals surface area contributed by atoms with Crippen LogP contribution in [0.5, 0.6) is 0 Å². The Hall–Kier alpha value is -1.31. The van der Waals surface area contributed by atoms with Crippen LogP contribution in [0.1, 0.15) is 13.8 Å². The molecule has 102 valence electrons. The zero-order valence-corrected chi connectivity index (χ0v) is 11.5. The van der Waals surface area contributed by atoms with E-state index >= 15 is 0 Å². The number of likely N-dealkylation sites (N-methyl/N-ethyl adjacent to an activating group) is 1. The number of rotatable bonds is 4. The molecule has 1 aromatic rings. The van der Waals surface area contributed by atoms with Gasteiger partial charge in [0, 0.05) is 19.3 Å². The van der Waals surface area contributed by atoms with Gasteiger partial charge in [0.2, 0.25) is 10.0 Å². The quantitative estimate of drug-likeness (QED) is 0.675. The second-order valence-corrected chi connectivity index (χ2v) is 6.47. The van der Waals surface area contributed by atoms with Crippen molar-refractivity contribution in [1.29, 1.82) is 0 Å². The Labute approximate surface area is 107 Å². The maximum absolute atomic E-state index is 11.2. The molecule has 0 aromatic heterocycles. The molecular weight excluding hydrogens is 254 g/mol. The summed E-state index contributed by atoms with van der Waals surface area (Å²) in [4.78, 5) is 1.69. The molecule has 0 atom stereocenters. The first-order valence-corrected chi connectivity index (χ1v) is 6.91. The van der Waals surface area contributed by atoms with Crippen LogP contribution in [0.15, 0.2) is 23.1 Å². The third kappa shape index (κ3) is 3.86. The van der Waals surface area contributed by atoms with Crippen LogP contribution in [0.2, 0.25) is 0 Å². The molecule has 0 saturated carbocycles. The Morgan fingerprint density at radius 1 is 1.39 bits per heavy atom. The van der Waals surface area contributed by atoms with E-state index in [-0.39, 0.29) is 10.6 Å². The van der Waals surface area contributed by atoms with Gasteiger partial charge in [-0.2, -0.15) is 0 Å². The van der Waals surface area contributed by atoms with Crippen molar-refractivity contribution in [3.8, 4) is 0 Å². The van der Waals surface area contributed by atoms with Crippen molar-refractivity contribution >= 4 is 21.4 Å². The first-order valence-electron chi connectivity index (χ1n) is 5.36. The average Bonchev–Trinajstić information content (AvgIpc) is 2.12. The lowest BCUT2D eigenvalue weighted by atomic mass is 10.1. The number of hydrogen-bond acceptors (Lipinski definition) is 5. The number of nitrogens with two attached hydrogens (primary N) is 2. The number of aliphatic hydroxyl groups is 1. The van der Waals surface area contributed by atoms with E-state index in [1.54, 1.807) is 31.9 Å². The highest BCUT2D eigenvalue weighted by Crippen LogP contribution is 2.24. The predicted molar refractivity (Wildman–Crippen MR) is 71.8 cm³/mol. The number of hydrogen-bond donors (Lipinski definition) is 3. The molecule has 0 aliphatic carbocycles. The number of primary sulfonamides is 1. The van der Waals surface area contributed by atoms with Crippen molar-refractivity contribution in [2.45, 2.75) is 24.3 Å². The van der Waals surface area contributed by atoms with Gasteiger partial charge in [0.15, 0.2) is 0 Å². The Balaban J connectivity index is 3.05. The summed E-state index contributed by atoms with van der Waals surface area (Å²) in [5.74, 6) is 0. The number of anilines is 2. The summed E-state index contributed by atoms with van der Waals surface area (Å²) in [5.41, 5.74) is 5.61. The van der Waals surface area contributed by atoms with Gasteiger partial charge in [0.25, 0.3) is 0 Å². The number of sulfonamides is 1. The van der Waals surface area contributed by atoms with E-state index in [2.05, 4.69) is 0 Å². The fourth-order valence-corrected chi connectivity index (χ4v) is 2.35. The van der Waals surface area contributed by atoms with Crippen LogP contribution >= 0.6 is 0 Å². The van der Waals surface area contributed by atoms with Gasteiger partial charge in [0.05, 0.1) is 11.3 Å². The molecule has 0 bridgehead atoms. The second kappa shape index (κ2) is 4.75. The molecule has 5 N–H and O–H groups in total. The zero-order valence-electron chi connectivity index (χ0n) is 10.7. The van der Waals surface area contributed by atoms with Crippen molar-refractivity contribution in [3.63, 3.8) is 0 Å². The summed E-state index contributed by atoms with van der Waals surface area (Å²) >= 11 is 0. The smallest absolute Gasteiger partial charge is 0.240 e. The van der Waals surface area contributed by atoms with Gasteiger partial charge in [-0.3, -0.25) is 0 Å². The number of benzene rings is 1. The van der Waals surface area contributed by atoms with Crippen LogP contribution in [-0.2, 0) is 10.0 Å². The number of nitrogens with zero attached hydrogens (tertiary/aromatic N) is 1. The molecule has 6 nitrogen and oxygen atoms in total. The van der Waals surface area contributed by atoms with E-state index in [9.17, 15) is 13.5 Å². The van der Waals surface area contributed by atoms with Gasteiger partial charge in [-0.05, 0) is 32.0 Å². The minimum absolute atomic E-state index is 0.0945. The first kappa shape index (κ1) is 14.7. The van der Waals surface area contributed by atoms with Crippen molar-refractivity contribution in [2.24, 2.45) is 5.14 Å². The fourth-order valence-electron chi connectivity index (χ4n) is 1.70. The molecule has 0 aliphatic heterocycles. The molecule has 0 radical (unpaired) electrons. The maximum Gasteiger partial charge on any atom is 0.240 e. The molecule has 18 heavy (non-hydrogen) atoms. The lowest BCUT2D eigenvalue weighted by Gasteiger charge is -2.27. The van der Waals surface area contributed by atoms with E-state index in [1.165, 1.54) is 12.1 Å². The van der Waals surface area contributed by atoms with Crippen molar-refractivity contribution in [3.05, 3.63) is 18.2 Å². The summed E-state index contributed by atoms with van der Waals surface area (Å²) in [7, 11) is -2.02. The fraction of sp³-hybridized carbons (Fsp3) is 0.455. The molecule has 1 aromatic carbocycles. The third-order valence-electron chi connectivity index (χ3n) is 2.36. The molecule has 0 saturated heterocycles. The van der Waals surface area contributed by atoms with E-state index in [0.717, 1.165) is 0 Å². The Kier molecular flexibility index (Phi) is 3.89. The largest absolute Gasteiger partial charge is 0.398 e. The van der Waals surface area contributed by atoms with E-state index in [4.69, 9.17) is 10.9 Å². The molecule has 0 amide bonds. The molecule has 0 unspecified atom stereocenters. The molecule has 0 heterocycles. The maximum atomic E-state index is 11.2. The first-order chi connectivity index (χ1) is 8.00. The summed E-state index contributed by atoms with van der Waals surface area (Å²) in [5, 5.41) is 14.7. The van der Waals surface area contributed by atoms with E-state index in [1.807, 2.05) is 0 Å². The van der Waals surface area contributed by atoms with Gasteiger partial charge < -0.3 is 15.7 Å². The van der Waals surface area contributed by atoms with E-state index in [0.29, 0.717) is 12.2 Å². The summed E-state index contributed by atoms with van der Waals surface area (Å²) < 4.78 is 22.4. The Morgan fingerprint density at radius 2 is 1.94 bits per heavy atom. The van der Waals surface area contributed by atoms with Crippen LogP contribution in [0.25, 0.3) is 0 Å². The van der Waals surface area contributed by atoms with Crippen LogP contribution in [0.3, 0.4) is 0 Å². The lowest BCUT2D eigenvalue weighted by Crippen LogP contribution is -2.36. The van der Waals surface area contributed by atoms with Crippen LogP contribution in [-0.4, -0.2) is 32.7 Å². The van der Waals surface area contributed by atoms with Gasteiger partial charge in [0.1, 0.15) is 4.90 Å². The zero-order chi connectivity index (χ0) is 14.1. The standard InChI is InChI=1S/C11H19N3O3S/c1-11(2,15)7-14(3)8-4-5-10(9(12)6-8)18(13,16)17/h4-6,15H,7,12H2,1-3H3,(H2,13,16,17). The summed E-state index contributed by atoms with van der Waals surface area (Å²) in [6.07, 6.45) is 0. The SMILES string of the molecule is CN(CC(C)(C)O)c1ccc(S(N)(=O)=O)c(N)c1. The second-order valence-electron chi connectivity index (χ2n) is 4.94. The third-order valence-corrected chi connectivity index (χ3v) is 3.35. The van der Waals surface area contributed by atoms with Gasteiger partial charge >= 0.3 is 0 Å². The average molecular weight is 273 g/mol. The van der Waals surface area contributed by atoms with Gasteiger partial charge in [-0.25, -0.2) is 13.6 Å². The minimum Gasteiger partial charge on any atom is -0.398 e. The highest BCUT2D eigenvalue weighted by molar-refractivity contribution is 7.89. The van der Waals surface area contributed by atoms with Crippen molar-refractivity contribution < 1.29 is 13.5 Å². The van der Waals surface area contributed by atoms with Crippen LogP contribution in [0.4, 0.5) is 11.4 Å². The molecule has 0 fully saturated rings. The van der Waals surface area contributed by atoms with Crippen molar-refractivity contribution in [1.82, 2.24) is 0 Å². The minimum atomic E-state index is -3.80. The molecule has 1 rings (SSSR count). The van der Waals surface area contributed by atoms with E-state index < -0.39 is 15.6 Å². The highest BCUT2D eigenvalue weighted by Gasteiger charge is 2.18. The van der Waals surface area contributed by atoms with Gasteiger partial charge in [-0.15, -0.1) is 0 Å². The van der Waals surface area contributed by atoms with Gasteiger partial charge in [-0.1, -0.05) is 0 Å². The molecule has 7 heteroatoms. The molecule has 0 spiro atoms. The Morgan fingerprint density at radius 3 is 2.33 bits per heavy atom. The topological polar surface area (TPSA) is 110 Å². The number of nitrogen functional groups attached to an aromatic ring is 1. The lowest BCUT2D eigenvalue weighted by molar-refractivity contribution is 0.0886. The normalized spacial score (nSPS) is 12.5. The van der Waals surface area contributed by atoms with Crippen molar-refractivity contribution in [2.75, 3.05) is 24.2 Å². The summed E-state index contributed by atoms with van der Waals surface area (Å²) in [6.45, 7) is 3.76.